The van der Waals surface area contributed by atoms with Gasteiger partial charge in [0.1, 0.15) is 0 Å². The number of ether oxygens (including phenoxy) is 1. The minimum absolute atomic E-state index is 0.0537. The first-order chi connectivity index (χ1) is 9.75. The number of hydrogen-bond acceptors (Lipinski definition) is 2. The minimum Gasteiger partial charge on any atom is -0.465 e. The van der Waals surface area contributed by atoms with Crippen LogP contribution in [0.15, 0.2) is 11.1 Å². The Morgan fingerprint density at radius 1 is 1.19 bits per heavy atom. The van der Waals surface area contributed by atoms with Crippen LogP contribution >= 0.6 is 0 Å². The van der Waals surface area contributed by atoms with E-state index in [0.717, 1.165) is 12.8 Å². The molecule has 3 aliphatic rings. The Bertz CT molecular complexity index is 484. The molecule has 118 valence electrons. The van der Waals surface area contributed by atoms with Crippen LogP contribution in [0.1, 0.15) is 66.7 Å². The third-order valence-corrected chi connectivity index (χ3v) is 6.86. The molecule has 3 atom stereocenters. The average molecular weight is 290 g/mol. The molecule has 0 unspecified atom stereocenters. The Kier molecular flexibility index (Phi) is 3.50. The molecule has 2 aliphatic carbocycles. The zero-order valence-corrected chi connectivity index (χ0v) is 14.3. The zero-order chi connectivity index (χ0) is 15.4. The van der Waals surface area contributed by atoms with Gasteiger partial charge in [-0.15, -0.1) is 0 Å². The molecule has 0 N–H and O–H groups in total. The van der Waals surface area contributed by atoms with Gasteiger partial charge in [-0.2, -0.15) is 0 Å². The Labute approximate surface area is 129 Å². The summed E-state index contributed by atoms with van der Waals surface area (Å²) in [6.45, 7) is 12.5. The normalized spacial score (nSPS) is 39.9. The Morgan fingerprint density at radius 2 is 1.90 bits per heavy atom. The summed E-state index contributed by atoms with van der Waals surface area (Å²) in [6, 6.07) is 0. The van der Waals surface area contributed by atoms with Crippen LogP contribution in [-0.4, -0.2) is 12.6 Å². The summed E-state index contributed by atoms with van der Waals surface area (Å²) in [5.74, 6) is 1.23. The molecule has 0 aromatic carbocycles. The van der Waals surface area contributed by atoms with Crippen LogP contribution in [-0.2, 0) is 9.53 Å². The fourth-order valence-electron chi connectivity index (χ4n) is 5.50. The molecule has 0 amide bonds. The highest BCUT2D eigenvalue weighted by atomic mass is 16.5. The molecule has 1 saturated heterocycles. The van der Waals surface area contributed by atoms with Crippen LogP contribution in [0.3, 0.4) is 0 Å². The third-order valence-electron chi connectivity index (χ3n) is 6.86. The van der Waals surface area contributed by atoms with E-state index in [9.17, 15) is 4.79 Å². The smallest absolute Gasteiger partial charge is 0.309 e. The van der Waals surface area contributed by atoms with Crippen LogP contribution in [0.25, 0.3) is 0 Å². The van der Waals surface area contributed by atoms with Gasteiger partial charge in [-0.25, -0.2) is 0 Å². The van der Waals surface area contributed by atoms with Crippen LogP contribution in [0, 0.1) is 28.6 Å². The maximum atomic E-state index is 11.9. The monoisotopic (exact) mass is 290 g/mol. The van der Waals surface area contributed by atoms with Gasteiger partial charge < -0.3 is 4.74 Å². The van der Waals surface area contributed by atoms with E-state index in [-0.39, 0.29) is 17.3 Å². The van der Waals surface area contributed by atoms with Gasteiger partial charge in [0.2, 0.25) is 0 Å². The first-order valence-electron chi connectivity index (χ1n) is 8.62. The van der Waals surface area contributed by atoms with Gasteiger partial charge in [0.25, 0.3) is 0 Å². The molecule has 0 aromatic rings. The number of carbonyl (C=O) groups is 1. The molecule has 3 fully saturated rings. The topological polar surface area (TPSA) is 26.3 Å². The largest absolute Gasteiger partial charge is 0.465 e. The van der Waals surface area contributed by atoms with E-state index in [1.807, 2.05) is 0 Å². The SMILES string of the molecule is C/C(=C1\CCCC1(C)C)[C@H]1CC[C@H]2C(=O)OC[C@H]2C1(C)C. The summed E-state index contributed by atoms with van der Waals surface area (Å²) >= 11 is 0. The van der Waals surface area contributed by atoms with Gasteiger partial charge in [0, 0.05) is 5.92 Å². The van der Waals surface area contributed by atoms with Gasteiger partial charge in [0.15, 0.2) is 0 Å². The lowest BCUT2D eigenvalue weighted by Crippen LogP contribution is -2.42. The molecule has 0 spiro atoms. The van der Waals surface area contributed by atoms with Gasteiger partial charge in [-0.3, -0.25) is 4.79 Å². The lowest BCUT2D eigenvalue weighted by atomic mass is 9.56. The standard InChI is InChI=1S/C19H30O2/c1-12(14-7-6-10-18(14,2)3)15-9-8-13-16(19(15,4)5)11-21-17(13)20/h13,15-16H,6-11H2,1-5H3/b14-12-/t13-,15-,16-/m1/s1. The van der Waals surface area contributed by atoms with Crippen molar-refractivity contribution in [1.82, 2.24) is 0 Å². The minimum atomic E-state index is 0.0537. The number of allylic oxidation sites excluding steroid dienone is 2. The second-order valence-electron chi connectivity index (χ2n) is 8.69. The van der Waals surface area contributed by atoms with Crippen molar-refractivity contribution in [2.24, 2.45) is 28.6 Å². The van der Waals surface area contributed by atoms with Crippen molar-refractivity contribution >= 4 is 5.97 Å². The molecule has 3 rings (SSSR count). The fourth-order valence-corrected chi connectivity index (χ4v) is 5.50. The van der Waals surface area contributed by atoms with Crippen LogP contribution in [0.4, 0.5) is 0 Å². The molecule has 21 heavy (non-hydrogen) atoms. The van der Waals surface area contributed by atoms with Crippen molar-refractivity contribution in [3.63, 3.8) is 0 Å². The first kappa shape index (κ1) is 15.1. The lowest BCUT2D eigenvalue weighted by Gasteiger charge is -2.46. The summed E-state index contributed by atoms with van der Waals surface area (Å²) < 4.78 is 5.37. The second-order valence-corrected chi connectivity index (χ2v) is 8.69. The summed E-state index contributed by atoms with van der Waals surface area (Å²) in [5.41, 5.74) is 3.87. The summed E-state index contributed by atoms with van der Waals surface area (Å²) in [6.07, 6.45) is 6.09. The molecular weight excluding hydrogens is 260 g/mol. The van der Waals surface area contributed by atoms with E-state index in [1.54, 1.807) is 11.1 Å². The molecule has 0 radical (unpaired) electrons. The van der Waals surface area contributed by atoms with Gasteiger partial charge in [-0.05, 0) is 55.8 Å². The molecule has 1 aliphatic heterocycles. The predicted molar refractivity (Wildman–Crippen MR) is 84.8 cm³/mol. The molecule has 2 saturated carbocycles. The summed E-state index contributed by atoms with van der Waals surface area (Å²) in [4.78, 5) is 11.9. The Hall–Kier alpha value is -0.790. The number of hydrogen-bond donors (Lipinski definition) is 0. The second kappa shape index (κ2) is 4.86. The summed E-state index contributed by atoms with van der Waals surface area (Å²) in [7, 11) is 0. The van der Waals surface area contributed by atoms with Crippen molar-refractivity contribution < 1.29 is 9.53 Å². The number of fused-ring (bicyclic) bond motifs is 1. The van der Waals surface area contributed by atoms with Gasteiger partial charge >= 0.3 is 5.97 Å². The zero-order valence-electron chi connectivity index (χ0n) is 14.3. The van der Waals surface area contributed by atoms with Gasteiger partial charge in [0.05, 0.1) is 12.5 Å². The van der Waals surface area contributed by atoms with E-state index in [1.165, 1.54) is 19.3 Å². The van der Waals surface area contributed by atoms with Crippen LogP contribution < -0.4 is 0 Å². The highest BCUT2D eigenvalue weighted by Gasteiger charge is 2.52. The predicted octanol–water partition coefficient (Wildman–Crippen LogP) is 4.74. The van der Waals surface area contributed by atoms with E-state index >= 15 is 0 Å². The van der Waals surface area contributed by atoms with Crippen LogP contribution in [0.5, 0.6) is 0 Å². The van der Waals surface area contributed by atoms with Gasteiger partial charge in [-0.1, -0.05) is 38.8 Å². The fraction of sp³-hybridized carbons (Fsp3) is 0.842. The van der Waals surface area contributed by atoms with Crippen molar-refractivity contribution in [1.29, 1.82) is 0 Å². The van der Waals surface area contributed by atoms with Crippen molar-refractivity contribution in [3.05, 3.63) is 11.1 Å². The highest BCUT2D eigenvalue weighted by molar-refractivity contribution is 5.75. The number of rotatable bonds is 1. The molecule has 1 heterocycles. The van der Waals surface area contributed by atoms with Crippen molar-refractivity contribution in [2.75, 3.05) is 6.61 Å². The van der Waals surface area contributed by atoms with E-state index in [0.29, 0.717) is 23.9 Å². The number of carbonyl (C=O) groups excluding carboxylic acids is 1. The first-order valence-corrected chi connectivity index (χ1v) is 8.62. The molecule has 2 heteroatoms. The van der Waals surface area contributed by atoms with Crippen molar-refractivity contribution in [2.45, 2.75) is 66.7 Å². The summed E-state index contributed by atoms with van der Waals surface area (Å²) in [5, 5.41) is 0. The molecule has 2 nitrogen and oxygen atoms in total. The van der Waals surface area contributed by atoms with Crippen molar-refractivity contribution in [3.8, 4) is 0 Å². The maximum Gasteiger partial charge on any atom is 0.309 e. The van der Waals surface area contributed by atoms with E-state index in [2.05, 4.69) is 34.6 Å². The highest BCUT2D eigenvalue weighted by Crippen LogP contribution is 2.55. The molecule has 0 aromatic heterocycles. The quantitative estimate of drug-likeness (QED) is 0.515. The number of cyclic esters (lactones) is 1. The van der Waals surface area contributed by atoms with E-state index in [4.69, 9.17) is 4.74 Å². The van der Waals surface area contributed by atoms with Crippen LogP contribution in [0.2, 0.25) is 0 Å². The van der Waals surface area contributed by atoms with E-state index < -0.39 is 0 Å². The lowest BCUT2D eigenvalue weighted by molar-refractivity contribution is -0.142. The Balaban J connectivity index is 1.93. The average Bonchev–Trinajstić information content (AvgIpc) is 2.92. The molecule has 0 bridgehead atoms. The maximum absolute atomic E-state index is 11.9. The number of esters is 1. The molecular formula is C19H30O2. The Morgan fingerprint density at radius 3 is 2.52 bits per heavy atom. The third kappa shape index (κ3) is 2.26.